The zero-order valence-electron chi connectivity index (χ0n) is 23.8. The minimum Gasteiger partial charge on any atom is -0.489 e. The predicted octanol–water partition coefficient (Wildman–Crippen LogP) is 4.42. The lowest BCUT2D eigenvalue weighted by Crippen LogP contribution is -2.45. The summed E-state index contributed by atoms with van der Waals surface area (Å²) < 4.78 is 36.4. The monoisotopic (exact) mass is 592 g/mol. The van der Waals surface area contributed by atoms with Crippen molar-refractivity contribution in [3.05, 3.63) is 89.2 Å². The van der Waals surface area contributed by atoms with E-state index in [4.69, 9.17) is 4.74 Å². The molecule has 1 aromatic heterocycles. The standard InChI is InChI=1S/C32H34F2N4O5/c1-20(39)38-18-24(23-12-13-28(43-32(33)34)29(15-23)42-19-22-10-11-22)14-27(38)31(41)36-17-25-8-5-9-26(37-25)30(40)35-16-21-6-3-2-4-7-21/h2-9,12-13,15,22,24,27,32H,10-11,14,16-19H2,1H3,(H,35,40)(H,36,41)/t24?,27-/m1/s1. The summed E-state index contributed by atoms with van der Waals surface area (Å²) in [6.45, 7) is -0.430. The van der Waals surface area contributed by atoms with Gasteiger partial charge in [0.15, 0.2) is 11.5 Å². The van der Waals surface area contributed by atoms with E-state index in [1.54, 1.807) is 30.3 Å². The van der Waals surface area contributed by atoms with Crippen molar-refractivity contribution in [1.29, 1.82) is 0 Å². The second-order valence-electron chi connectivity index (χ2n) is 10.9. The van der Waals surface area contributed by atoms with Gasteiger partial charge < -0.3 is 25.0 Å². The number of amides is 3. The van der Waals surface area contributed by atoms with Crippen LogP contribution in [0.25, 0.3) is 0 Å². The molecule has 2 aromatic carbocycles. The quantitative estimate of drug-likeness (QED) is 0.322. The average Bonchev–Trinajstić information content (AvgIpc) is 3.73. The summed E-state index contributed by atoms with van der Waals surface area (Å²) in [5.41, 5.74) is 2.46. The van der Waals surface area contributed by atoms with Crippen LogP contribution in [0.15, 0.2) is 66.7 Å². The third kappa shape index (κ3) is 8.06. The molecule has 9 nitrogen and oxygen atoms in total. The molecule has 1 aliphatic heterocycles. The topological polar surface area (TPSA) is 110 Å². The van der Waals surface area contributed by atoms with Crippen molar-refractivity contribution < 1.29 is 32.6 Å². The van der Waals surface area contributed by atoms with Crippen molar-refractivity contribution in [1.82, 2.24) is 20.5 Å². The molecule has 3 aromatic rings. The molecule has 2 N–H and O–H groups in total. The van der Waals surface area contributed by atoms with Crippen molar-refractivity contribution in [2.45, 2.75) is 57.8 Å². The van der Waals surface area contributed by atoms with Crippen LogP contribution < -0.4 is 20.1 Å². The lowest BCUT2D eigenvalue weighted by atomic mass is 9.95. The minimum absolute atomic E-state index is 0.0430. The molecule has 1 saturated heterocycles. The van der Waals surface area contributed by atoms with E-state index in [1.165, 1.54) is 17.9 Å². The molecule has 43 heavy (non-hydrogen) atoms. The van der Waals surface area contributed by atoms with Crippen LogP contribution in [0.4, 0.5) is 8.78 Å². The number of rotatable bonds is 12. The van der Waals surface area contributed by atoms with E-state index < -0.39 is 12.7 Å². The molecule has 1 saturated carbocycles. The summed E-state index contributed by atoms with van der Waals surface area (Å²) in [4.78, 5) is 44.3. The fourth-order valence-electron chi connectivity index (χ4n) is 5.12. The Morgan fingerprint density at radius 2 is 1.77 bits per heavy atom. The molecule has 2 heterocycles. The Balaban J connectivity index is 1.21. The lowest BCUT2D eigenvalue weighted by molar-refractivity contribution is -0.136. The highest BCUT2D eigenvalue weighted by atomic mass is 19.3. The van der Waals surface area contributed by atoms with Crippen molar-refractivity contribution >= 4 is 17.7 Å². The smallest absolute Gasteiger partial charge is 0.387 e. The molecule has 0 spiro atoms. The zero-order chi connectivity index (χ0) is 30.3. The molecule has 0 bridgehead atoms. The first kappa shape index (κ1) is 29.9. The number of benzene rings is 2. The van der Waals surface area contributed by atoms with Crippen LogP contribution in [0.2, 0.25) is 0 Å². The van der Waals surface area contributed by atoms with E-state index in [0.717, 1.165) is 24.0 Å². The van der Waals surface area contributed by atoms with Gasteiger partial charge in [-0.05, 0) is 60.6 Å². The summed E-state index contributed by atoms with van der Waals surface area (Å²) in [5, 5.41) is 5.69. The highest BCUT2D eigenvalue weighted by Gasteiger charge is 2.39. The van der Waals surface area contributed by atoms with Gasteiger partial charge in [0.25, 0.3) is 5.91 Å². The molecule has 1 aliphatic carbocycles. The number of alkyl halides is 2. The Bertz CT molecular complexity index is 1450. The third-order valence-electron chi connectivity index (χ3n) is 7.61. The van der Waals surface area contributed by atoms with Crippen molar-refractivity contribution in [3.63, 3.8) is 0 Å². The van der Waals surface area contributed by atoms with E-state index in [2.05, 4.69) is 20.4 Å². The molecule has 2 aliphatic rings. The number of nitrogens with one attached hydrogen (secondary N) is 2. The number of aromatic nitrogens is 1. The van der Waals surface area contributed by atoms with E-state index in [9.17, 15) is 23.2 Å². The van der Waals surface area contributed by atoms with Gasteiger partial charge in [-0.25, -0.2) is 4.98 Å². The maximum absolute atomic E-state index is 13.3. The number of likely N-dealkylation sites (tertiary alicyclic amines) is 1. The Morgan fingerprint density at radius 1 is 0.977 bits per heavy atom. The van der Waals surface area contributed by atoms with Crippen LogP contribution in [0.5, 0.6) is 11.5 Å². The first-order chi connectivity index (χ1) is 20.8. The molecule has 3 amide bonds. The summed E-state index contributed by atoms with van der Waals surface area (Å²) in [6, 6.07) is 18.6. The van der Waals surface area contributed by atoms with Crippen LogP contribution in [0.1, 0.15) is 59.4 Å². The van der Waals surface area contributed by atoms with E-state index >= 15 is 0 Å². The van der Waals surface area contributed by atoms with Crippen LogP contribution in [0.3, 0.4) is 0 Å². The number of carbonyl (C=O) groups is 3. The molecular formula is C32H34F2N4O5. The molecule has 2 atom stereocenters. The van der Waals surface area contributed by atoms with Gasteiger partial charge in [0.05, 0.1) is 18.8 Å². The normalized spacial score (nSPS) is 17.9. The number of pyridine rings is 1. The van der Waals surface area contributed by atoms with Crippen molar-refractivity contribution in [2.24, 2.45) is 5.92 Å². The van der Waals surface area contributed by atoms with Gasteiger partial charge >= 0.3 is 6.61 Å². The lowest BCUT2D eigenvalue weighted by Gasteiger charge is -2.22. The summed E-state index contributed by atoms with van der Waals surface area (Å²) in [7, 11) is 0. The van der Waals surface area contributed by atoms with Crippen LogP contribution in [-0.2, 0) is 22.7 Å². The Hall–Kier alpha value is -4.54. The maximum atomic E-state index is 13.3. The second kappa shape index (κ2) is 13.6. The van der Waals surface area contributed by atoms with E-state index in [0.29, 0.717) is 37.7 Å². The van der Waals surface area contributed by atoms with Gasteiger partial charge in [0.1, 0.15) is 11.7 Å². The van der Waals surface area contributed by atoms with Crippen LogP contribution >= 0.6 is 0 Å². The van der Waals surface area contributed by atoms with Gasteiger partial charge in [-0.2, -0.15) is 8.78 Å². The van der Waals surface area contributed by atoms with E-state index in [-0.39, 0.29) is 47.4 Å². The van der Waals surface area contributed by atoms with Gasteiger partial charge in [-0.3, -0.25) is 14.4 Å². The Labute approximate surface area is 248 Å². The molecular weight excluding hydrogens is 558 g/mol. The fourth-order valence-corrected chi connectivity index (χ4v) is 5.12. The second-order valence-corrected chi connectivity index (χ2v) is 10.9. The van der Waals surface area contributed by atoms with Crippen molar-refractivity contribution in [2.75, 3.05) is 13.2 Å². The van der Waals surface area contributed by atoms with Gasteiger partial charge in [-0.1, -0.05) is 42.5 Å². The summed E-state index contributed by atoms with van der Waals surface area (Å²) in [6.07, 6.45) is 2.43. The summed E-state index contributed by atoms with van der Waals surface area (Å²) >= 11 is 0. The third-order valence-corrected chi connectivity index (χ3v) is 7.61. The molecule has 5 rings (SSSR count). The van der Waals surface area contributed by atoms with Gasteiger partial charge in [0, 0.05) is 25.9 Å². The number of halogens is 2. The zero-order valence-corrected chi connectivity index (χ0v) is 23.8. The molecule has 226 valence electrons. The number of nitrogens with zero attached hydrogens (tertiary/aromatic N) is 2. The number of hydrogen-bond acceptors (Lipinski definition) is 6. The molecule has 11 heteroatoms. The van der Waals surface area contributed by atoms with Crippen LogP contribution in [-0.4, -0.2) is 53.4 Å². The molecule has 0 radical (unpaired) electrons. The van der Waals surface area contributed by atoms with Gasteiger partial charge in [-0.15, -0.1) is 0 Å². The predicted molar refractivity (Wildman–Crippen MR) is 154 cm³/mol. The SMILES string of the molecule is CC(=O)N1CC(c2ccc(OC(F)F)c(OCC3CC3)c2)C[C@@H]1C(=O)NCc1cccc(C(=O)NCc2ccccc2)n1. The first-order valence-electron chi connectivity index (χ1n) is 14.3. The largest absolute Gasteiger partial charge is 0.489 e. The first-order valence-corrected chi connectivity index (χ1v) is 14.3. The van der Waals surface area contributed by atoms with Crippen molar-refractivity contribution in [3.8, 4) is 11.5 Å². The molecule has 1 unspecified atom stereocenters. The highest BCUT2D eigenvalue weighted by Crippen LogP contribution is 2.39. The van der Waals surface area contributed by atoms with Gasteiger partial charge in [0.2, 0.25) is 11.8 Å². The van der Waals surface area contributed by atoms with E-state index in [1.807, 2.05) is 30.3 Å². The Kier molecular flexibility index (Phi) is 9.48. The summed E-state index contributed by atoms with van der Waals surface area (Å²) in [5.74, 6) is -0.539. The number of carbonyl (C=O) groups excluding carboxylic acids is 3. The fraction of sp³-hybridized carbons (Fsp3) is 0.375. The van der Waals surface area contributed by atoms with Crippen LogP contribution in [0, 0.1) is 5.92 Å². The highest BCUT2D eigenvalue weighted by molar-refractivity contribution is 5.92. The maximum Gasteiger partial charge on any atom is 0.387 e. The molecule has 2 fully saturated rings. The average molecular weight is 593 g/mol. The minimum atomic E-state index is -2.99. The number of hydrogen-bond donors (Lipinski definition) is 2. The number of ether oxygens (including phenoxy) is 2. The Morgan fingerprint density at radius 3 is 2.49 bits per heavy atom.